The van der Waals surface area contributed by atoms with Gasteiger partial charge < -0.3 is 15.2 Å². The van der Waals surface area contributed by atoms with E-state index in [1.807, 2.05) is 0 Å². The maximum Gasteiger partial charge on any atom is 0.335 e. The molecule has 2 aromatic rings. The van der Waals surface area contributed by atoms with Crippen LogP contribution in [0.1, 0.15) is 12.5 Å². The van der Waals surface area contributed by atoms with Crippen LogP contribution in [0.15, 0.2) is 24.5 Å². The fraction of sp³-hybridized carbons (Fsp3) is 0.273. The highest BCUT2D eigenvalue weighted by atomic mass is 16.4. The van der Waals surface area contributed by atoms with E-state index in [2.05, 4.69) is 9.97 Å². The van der Waals surface area contributed by atoms with Crippen molar-refractivity contribution in [3.8, 4) is 0 Å². The third-order valence-electron chi connectivity index (χ3n) is 2.49. The van der Waals surface area contributed by atoms with Crippen molar-refractivity contribution in [3.05, 3.63) is 30.1 Å². The Morgan fingerprint density at radius 2 is 2.31 bits per heavy atom. The molecular weight excluding hydrogens is 208 g/mol. The summed E-state index contributed by atoms with van der Waals surface area (Å²) in [5, 5.41) is 18.4. The second kappa shape index (κ2) is 3.61. The number of H-pyrrole nitrogens is 1. The molecule has 84 valence electrons. The molecule has 1 aromatic carbocycles. The van der Waals surface area contributed by atoms with Crippen molar-refractivity contribution in [1.82, 2.24) is 9.97 Å². The third kappa shape index (κ3) is 1.90. The Morgan fingerprint density at radius 1 is 1.56 bits per heavy atom. The van der Waals surface area contributed by atoms with E-state index < -0.39 is 11.6 Å². The van der Waals surface area contributed by atoms with Gasteiger partial charge in [0.2, 0.25) is 0 Å². The third-order valence-corrected chi connectivity index (χ3v) is 2.49. The molecule has 5 nitrogen and oxygen atoms in total. The van der Waals surface area contributed by atoms with Crippen LogP contribution < -0.4 is 0 Å². The largest absolute Gasteiger partial charge is 0.479 e. The number of fused-ring (bicyclic) bond motifs is 1. The van der Waals surface area contributed by atoms with Crippen LogP contribution in [0.3, 0.4) is 0 Å². The minimum Gasteiger partial charge on any atom is -0.479 e. The number of hydrogen-bond donors (Lipinski definition) is 3. The molecule has 0 aliphatic carbocycles. The average Bonchev–Trinajstić information content (AvgIpc) is 2.63. The summed E-state index contributed by atoms with van der Waals surface area (Å²) < 4.78 is 0. The van der Waals surface area contributed by atoms with Crippen LogP contribution in [0.25, 0.3) is 11.0 Å². The molecule has 0 amide bonds. The summed E-state index contributed by atoms with van der Waals surface area (Å²) in [6.07, 6.45) is 1.64. The predicted molar refractivity (Wildman–Crippen MR) is 58.1 cm³/mol. The zero-order valence-electron chi connectivity index (χ0n) is 8.77. The summed E-state index contributed by atoms with van der Waals surface area (Å²) in [6.45, 7) is 1.28. The molecule has 0 radical (unpaired) electrons. The van der Waals surface area contributed by atoms with Gasteiger partial charge in [-0.05, 0) is 24.6 Å². The number of carbonyl (C=O) groups is 1. The minimum absolute atomic E-state index is 0.0668. The quantitative estimate of drug-likeness (QED) is 0.718. The fourth-order valence-electron chi connectivity index (χ4n) is 1.57. The van der Waals surface area contributed by atoms with E-state index in [-0.39, 0.29) is 6.42 Å². The molecular formula is C11H12N2O3. The van der Waals surface area contributed by atoms with Crippen molar-refractivity contribution in [1.29, 1.82) is 0 Å². The standard InChI is InChI=1S/C11H12N2O3/c1-11(16,10(14)15)5-7-2-3-8-9(4-7)13-6-12-8/h2-4,6,16H,5H2,1H3,(H,12,13)(H,14,15). The Bertz CT molecular complexity index is 531. The average molecular weight is 220 g/mol. The molecule has 1 atom stereocenters. The number of aliphatic carboxylic acids is 1. The lowest BCUT2D eigenvalue weighted by atomic mass is 9.96. The molecule has 0 saturated heterocycles. The van der Waals surface area contributed by atoms with Gasteiger partial charge in [0.05, 0.1) is 17.4 Å². The van der Waals surface area contributed by atoms with E-state index in [1.54, 1.807) is 24.5 Å². The second-order valence-corrected chi connectivity index (χ2v) is 4.01. The first-order chi connectivity index (χ1) is 7.49. The summed E-state index contributed by atoms with van der Waals surface area (Å²) in [5.41, 5.74) is 0.662. The molecule has 0 bridgehead atoms. The zero-order chi connectivity index (χ0) is 11.8. The normalized spacial score (nSPS) is 14.9. The van der Waals surface area contributed by atoms with Crippen LogP contribution in [-0.4, -0.2) is 31.8 Å². The second-order valence-electron chi connectivity index (χ2n) is 4.01. The summed E-state index contributed by atoms with van der Waals surface area (Å²) in [6, 6.07) is 5.35. The van der Waals surface area contributed by atoms with E-state index in [0.717, 1.165) is 16.6 Å². The van der Waals surface area contributed by atoms with Gasteiger partial charge in [-0.25, -0.2) is 9.78 Å². The molecule has 1 aromatic heterocycles. The van der Waals surface area contributed by atoms with Crippen molar-refractivity contribution in [3.63, 3.8) is 0 Å². The number of aromatic nitrogens is 2. The number of benzene rings is 1. The van der Waals surface area contributed by atoms with Gasteiger partial charge in [-0.3, -0.25) is 0 Å². The van der Waals surface area contributed by atoms with Crippen LogP contribution in [0.4, 0.5) is 0 Å². The molecule has 2 rings (SSSR count). The minimum atomic E-state index is -1.74. The molecule has 1 heterocycles. The Labute approximate surface area is 91.8 Å². The van der Waals surface area contributed by atoms with E-state index in [0.29, 0.717) is 0 Å². The van der Waals surface area contributed by atoms with Gasteiger partial charge in [0, 0.05) is 6.42 Å². The maximum atomic E-state index is 10.8. The number of aliphatic hydroxyl groups is 1. The molecule has 0 aliphatic heterocycles. The van der Waals surface area contributed by atoms with Gasteiger partial charge in [-0.15, -0.1) is 0 Å². The van der Waals surface area contributed by atoms with Crippen molar-refractivity contribution in [2.45, 2.75) is 18.9 Å². The topological polar surface area (TPSA) is 86.2 Å². The first kappa shape index (κ1) is 10.6. The van der Waals surface area contributed by atoms with Gasteiger partial charge >= 0.3 is 5.97 Å². The first-order valence-corrected chi connectivity index (χ1v) is 4.87. The van der Waals surface area contributed by atoms with Crippen molar-refractivity contribution < 1.29 is 15.0 Å². The SMILES string of the molecule is CC(O)(Cc1ccc2nc[nH]c2c1)C(=O)O. The molecule has 1 unspecified atom stereocenters. The smallest absolute Gasteiger partial charge is 0.335 e. The van der Waals surface area contributed by atoms with E-state index in [1.165, 1.54) is 6.92 Å². The first-order valence-electron chi connectivity index (χ1n) is 4.87. The van der Waals surface area contributed by atoms with E-state index in [9.17, 15) is 9.90 Å². The number of hydrogen-bond acceptors (Lipinski definition) is 3. The van der Waals surface area contributed by atoms with E-state index in [4.69, 9.17) is 5.11 Å². The maximum absolute atomic E-state index is 10.8. The molecule has 5 heteroatoms. The predicted octanol–water partition coefficient (Wildman–Crippen LogP) is 0.941. The van der Waals surface area contributed by atoms with E-state index >= 15 is 0 Å². The number of carboxylic acid groups (broad SMARTS) is 1. The van der Waals surface area contributed by atoms with Gasteiger partial charge in [-0.1, -0.05) is 6.07 Å². The lowest BCUT2D eigenvalue weighted by Gasteiger charge is -2.17. The lowest BCUT2D eigenvalue weighted by molar-refractivity contribution is -0.156. The summed E-state index contributed by atoms with van der Waals surface area (Å²) >= 11 is 0. The van der Waals surface area contributed by atoms with Crippen LogP contribution >= 0.6 is 0 Å². The Hall–Kier alpha value is -1.88. The molecule has 0 fully saturated rings. The van der Waals surface area contributed by atoms with Crippen LogP contribution in [-0.2, 0) is 11.2 Å². The number of rotatable bonds is 3. The van der Waals surface area contributed by atoms with Crippen molar-refractivity contribution >= 4 is 17.0 Å². The van der Waals surface area contributed by atoms with Crippen LogP contribution in [0.2, 0.25) is 0 Å². The number of aromatic amines is 1. The van der Waals surface area contributed by atoms with Crippen molar-refractivity contribution in [2.24, 2.45) is 0 Å². The molecule has 0 saturated carbocycles. The number of nitrogens with one attached hydrogen (secondary N) is 1. The highest BCUT2D eigenvalue weighted by Crippen LogP contribution is 2.17. The molecule has 16 heavy (non-hydrogen) atoms. The number of imidazole rings is 1. The highest BCUT2D eigenvalue weighted by molar-refractivity contribution is 5.78. The Kier molecular flexibility index (Phi) is 2.40. The molecule has 3 N–H and O–H groups in total. The van der Waals surface area contributed by atoms with Crippen LogP contribution in [0.5, 0.6) is 0 Å². The lowest BCUT2D eigenvalue weighted by Crippen LogP contribution is -2.37. The monoisotopic (exact) mass is 220 g/mol. The Balaban J connectivity index is 2.30. The van der Waals surface area contributed by atoms with Crippen LogP contribution in [0, 0.1) is 0 Å². The summed E-state index contributed by atoms with van der Waals surface area (Å²) in [7, 11) is 0. The van der Waals surface area contributed by atoms with Crippen molar-refractivity contribution in [2.75, 3.05) is 0 Å². The van der Waals surface area contributed by atoms with Gasteiger partial charge in [-0.2, -0.15) is 0 Å². The summed E-state index contributed by atoms with van der Waals surface area (Å²) in [5.74, 6) is -1.22. The van der Waals surface area contributed by atoms with Gasteiger partial charge in [0.25, 0.3) is 0 Å². The zero-order valence-corrected chi connectivity index (χ0v) is 8.77. The summed E-state index contributed by atoms with van der Waals surface area (Å²) in [4.78, 5) is 17.8. The number of carboxylic acids is 1. The van der Waals surface area contributed by atoms with Gasteiger partial charge in [0.15, 0.2) is 5.60 Å². The highest BCUT2D eigenvalue weighted by Gasteiger charge is 2.29. The molecule has 0 aliphatic rings. The fourth-order valence-corrected chi connectivity index (χ4v) is 1.57. The Morgan fingerprint density at radius 3 is 3.00 bits per heavy atom. The van der Waals surface area contributed by atoms with Gasteiger partial charge in [0.1, 0.15) is 0 Å². The number of nitrogens with zero attached hydrogens (tertiary/aromatic N) is 1. The molecule has 0 spiro atoms.